The number of benzene rings is 3. The molecule has 1 amide bonds. The Bertz CT molecular complexity index is 1690. The van der Waals surface area contributed by atoms with Crippen LogP contribution in [-0.4, -0.2) is 42.4 Å². The number of aromatic nitrogens is 4. The van der Waals surface area contributed by atoms with Gasteiger partial charge in [-0.2, -0.15) is 0 Å². The van der Waals surface area contributed by atoms with Crippen molar-refractivity contribution in [1.82, 2.24) is 19.5 Å². The fourth-order valence-corrected chi connectivity index (χ4v) is 6.08. The zero-order valence-electron chi connectivity index (χ0n) is 23.3. The SMILES string of the molecule is CC1C(CSc2nccn2C)OC(c2cccc(NC(=O)c3cnc4ccccc4n3)c2)OC1c1ccc(CO)cc1. The summed E-state index contributed by atoms with van der Waals surface area (Å²) in [6.07, 6.45) is 4.15. The molecule has 5 aromatic rings. The van der Waals surface area contributed by atoms with Crippen molar-refractivity contribution in [3.8, 4) is 0 Å². The number of aliphatic hydroxyl groups excluding tert-OH is 1. The zero-order valence-corrected chi connectivity index (χ0v) is 24.1. The van der Waals surface area contributed by atoms with Crippen molar-refractivity contribution in [3.63, 3.8) is 0 Å². The molecule has 1 fully saturated rings. The van der Waals surface area contributed by atoms with Gasteiger partial charge in [-0.15, -0.1) is 0 Å². The summed E-state index contributed by atoms with van der Waals surface area (Å²) in [5.74, 6) is 0.382. The molecule has 3 heterocycles. The summed E-state index contributed by atoms with van der Waals surface area (Å²) in [4.78, 5) is 26.3. The van der Waals surface area contributed by atoms with E-state index in [4.69, 9.17) is 9.47 Å². The maximum Gasteiger partial charge on any atom is 0.275 e. The first-order valence-electron chi connectivity index (χ1n) is 13.7. The minimum Gasteiger partial charge on any atom is -0.392 e. The molecule has 4 unspecified atom stereocenters. The lowest BCUT2D eigenvalue weighted by atomic mass is 9.91. The normalized spacial score (nSPS) is 20.5. The molecule has 0 spiro atoms. The van der Waals surface area contributed by atoms with Crippen molar-refractivity contribution in [1.29, 1.82) is 0 Å². The number of hydrogen-bond donors (Lipinski definition) is 2. The molecule has 2 N–H and O–H groups in total. The Labute approximate surface area is 247 Å². The number of aryl methyl sites for hydroxylation is 1. The van der Waals surface area contributed by atoms with E-state index in [0.29, 0.717) is 17.0 Å². The summed E-state index contributed by atoms with van der Waals surface area (Å²) in [6, 6.07) is 22.7. The molecule has 1 aliphatic rings. The van der Waals surface area contributed by atoms with E-state index in [9.17, 15) is 9.90 Å². The smallest absolute Gasteiger partial charge is 0.275 e. The van der Waals surface area contributed by atoms with E-state index in [1.807, 2.05) is 90.6 Å². The summed E-state index contributed by atoms with van der Waals surface area (Å²) < 4.78 is 15.1. The Morgan fingerprint density at radius 3 is 2.57 bits per heavy atom. The molecule has 1 saturated heterocycles. The van der Waals surface area contributed by atoms with E-state index in [0.717, 1.165) is 27.4 Å². The van der Waals surface area contributed by atoms with Gasteiger partial charge in [-0.25, -0.2) is 9.97 Å². The van der Waals surface area contributed by atoms with Crippen LogP contribution in [0.25, 0.3) is 11.0 Å². The summed E-state index contributed by atoms with van der Waals surface area (Å²) in [5, 5.41) is 13.4. The number of nitrogens with zero attached hydrogens (tertiary/aromatic N) is 4. The first kappa shape index (κ1) is 28.0. The second kappa shape index (κ2) is 12.4. The second-order valence-electron chi connectivity index (χ2n) is 10.3. The lowest BCUT2D eigenvalue weighted by Crippen LogP contribution is -2.38. The molecule has 1 aliphatic heterocycles. The molecule has 9 nitrogen and oxygen atoms in total. The van der Waals surface area contributed by atoms with Crippen molar-refractivity contribution >= 4 is 34.4 Å². The number of aliphatic hydroxyl groups is 1. The van der Waals surface area contributed by atoms with Gasteiger partial charge in [0.2, 0.25) is 0 Å². The van der Waals surface area contributed by atoms with Crippen molar-refractivity contribution in [2.75, 3.05) is 11.1 Å². The van der Waals surface area contributed by atoms with Crippen LogP contribution in [0.3, 0.4) is 0 Å². The number of ether oxygens (including phenoxy) is 2. The molecule has 4 atom stereocenters. The number of thioether (sulfide) groups is 1. The fraction of sp³-hybridized carbons (Fsp3) is 0.250. The van der Waals surface area contributed by atoms with Crippen LogP contribution in [0.1, 0.15) is 46.5 Å². The van der Waals surface area contributed by atoms with E-state index in [1.165, 1.54) is 6.20 Å². The third kappa shape index (κ3) is 6.07. The van der Waals surface area contributed by atoms with Crippen LogP contribution in [-0.2, 0) is 23.1 Å². The highest BCUT2D eigenvalue weighted by atomic mass is 32.2. The van der Waals surface area contributed by atoms with E-state index >= 15 is 0 Å². The topological polar surface area (TPSA) is 111 Å². The first-order valence-corrected chi connectivity index (χ1v) is 14.7. The fourth-order valence-electron chi connectivity index (χ4n) is 4.98. The molecule has 0 radical (unpaired) electrons. The Morgan fingerprint density at radius 2 is 1.81 bits per heavy atom. The number of hydrogen-bond acceptors (Lipinski definition) is 8. The number of carbonyl (C=O) groups is 1. The van der Waals surface area contributed by atoms with Crippen molar-refractivity contribution in [2.24, 2.45) is 13.0 Å². The minimum atomic E-state index is -0.659. The first-order chi connectivity index (χ1) is 20.5. The van der Waals surface area contributed by atoms with E-state index in [1.54, 1.807) is 18.0 Å². The summed E-state index contributed by atoms with van der Waals surface area (Å²) >= 11 is 1.64. The van der Waals surface area contributed by atoms with Crippen LogP contribution < -0.4 is 5.32 Å². The molecular formula is C32H31N5O4S. The van der Waals surface area contributed by atoms with E-state index < -0.39 is 6.29 Å². The average molecular weight is 582 g/mol. The predicted octanol–water partition coefficient (Wildman–Crippen LogP) is 5.69. The lowest BCUT2D eigenvalue weighted by molar-refractivity contribution is -0.268. The van der Waals surface area contributed by atoms with Gasteiger partial charge in [0.05, 0.1) is 36.0 Å². The monoisotopic (exact) mass is 581 g/mol. The Balaban J connectivity index is 1.24. The molecule has 10 heteroatoms. The molecule has 0 bridgehead atoms. The van der Waals surface area contributed by atoms with E-state index in [2.05, 4.69) is 27.2 Å². The molecule has 3 aromatic carbocycles. The lowest BCUT2D eigenvalue weighted by Gasteiger charge is -2.41. The maximum atomic E-state index is 13.1. The van der Waals surface area contributed by atoms with Gasteiger partial charge in [0.15, 0.2) is 11.4 Å². The van der Waals surface area contributed by atoms with Crippen LogP contribution in [0.2, 0.25) is 0 Å². The highest BCUT2D eigenvalue weighted by molar-refractivity contribution is 7.99. The molecule has 6 rings (SSSR count). The third-order valence-corrected chi connectivity index (χ3v) is 8.52. The van der Waals surface area contributed by atoms with Gasteiger partial charge in [-0.3, -0.25) is 9.78 Å². The van der Waals surface area contributed by atoms with Gasteiger partial charge < -0.3 is 24.5 Å². The third-order valence-electron chi connectivity index (χ3n) is 7.37. The Morgan fingerprint density at radius 1 is 1.00 bits per heavy atom. The Hall–Kier alpha value is -4.09. The number of imidazole rings is 1. The van der Waals surface area contributed by atoms with Crippen molar-refractivity contribution in [3.05, 3.63) is 114 Å². The molecule has 0 aliphatic carbocycles. The van der Waals surface area contributed by atoms with Gasteiger partial charge in [0.25, 0.3) is 5.91 Å². The van der Waals surface area contributed by atoms with Crippen molar-refractivity contribution in [2.45, 2.75) is 37.2 Å². The molecular weight excluding hydrogens is 550 g/mol. The molecule has 2 aromatic heterocycles. The highest BCUT2D eigenvalue weighted by Gasteiger charge is 2.38. The number of para-hydroxylation sites is 2. The number of fused-ring (bicyclic) bond motifs is 1. The highest BCUT2D eigenvalue weighted by Crippen LogP contribution is 2.43. The van der Waals surface area contributed by atoms with Gasteiger partial charge in [0, 0.05) is 42.4 Å². The van der Waals surface area contributed by atoms with Crippen LogP contribution in [0.5, 0.6) is 0 Å². The van der Waals surface area contributed by atoms with Gasteiger partial charge in [-0.1, -0.05) is 67.2 Å². The number of rotatable bonds is 8. The van der Waals surface area contributed by atoms with Crippen LogP contribution >= 0.6 is 11.8 Å². The van der Waals surface area contributed by atoms with Gasteiger partial charge in [0.1, 0.15) is 5.69 Å². The summed E-state index contributed by atoms with van der Waals surface area (Å²) in [7, 11) is 1.97. The van der Waals surface area contributed by atoms with E-state index in [-0.39, 0.29) is 36.3 Å². The quantitative estimate of drug-likeness (QED) is 0.225. The van der Waals surface area contributed by atoms with Crippen molar-refractivity contribution < 1.29 is 19.4 Å². The number of amides is 1. The average Bonchev–Trinajstić information content (AvgIpc) is 3.44. The zero-order chi connectivity index (χ0) is 29.1. The number of anilines is 1. The predicted molar refractivity (Wildman–Crippen MR) is 161 cm³/mol. The largest absolute Gasteiger partial charge is 0.392 e. The molecule has 42 heavy (non-hydrogen) atoms. The Kier molecular flexibility index (Phi) is 8.29. The molecule has 0 saturated carbocycles. The summed E-state index contributed by atoms with van der Waals surface area (Å²) in [6.45, 7) is 2.12. The van der Waals surface area contributed by atoms with Crippen LogP contribution in [0, 0.1) is 5.92 Å². The number of carbonyl (C=O) groups excluding carboxylic acids is 1. The van der Waals surface area contributed by atoms with Gasteiger partial charge in [-0.05, 0) is 35.4 Å². The maximum absolute atomic E-state index is 13.1. The van der Waals surface area contributed by atoms with Crippen LogP contribution in [0.4, 0.5) is 5.69 Å². The molecule has 214 valence electrons. The summed E-state index contributed by atoms with van der Waals surface area (Å²) in [5.41, 5.74) is 4.86. The standard InChI is InChI=1S/C32H31N5O4S/c1-20-28(19-42-32-33-14-15-37(32)2)40-31(41-29(20)22-12-10-21(18-38)11-13-22)23-6-5-7-24(16-23)35-30(39)27-17-34-25-8-3-4-9-26(25)36-27/h3-17,20,28-29,31,38H,18-19H2,1-2H3,(H,35,39). The minimum absolute atomic E-state index is 0.0146. The van der Waals surface area contributed by atoms with Crippen LogP contribution in [0.15, 0.2) is 96.5 Å². The second-order valence-corrected chi connectivity index (χ2v) is 11.3. The van der Waals surface area contributed by atoms with Gasteiger partial charge >= 0.3 is 0 Å². The number of nitrogens with one attached hydrogen (secondary N) is 1.